The van der Waals surface area contributed by atoms with Gasteiger partial charge in [0, 0.05) is 24.2 Å². The number of rotatable bonds is 3. The Morgan fingerprint density at radius 1 is 1.16 bits per heavy atom. The van der Waals surface area contributed by atoms with Crippen molar-refractivity contribution >= 4 is 16.9 Å². The summed E-state index contributed by atoms with van der Waals surface area (Å²) < 4.78 is 3.06. The first kappa shape index (κ1) is 14.6. The van der Waals surface area contributed by atoms with Gasteiger partial charge in [-0.2, -0.15) is 10.4 Å². The van der Waals surface area contributed by atoms with Gasteiger partial charge in [-0.1, -0.05) is 0 Å². The molecule has 0 amide bonds. The maximum Gasteiger partial charge on any atom is 0.219 e. The fourth-order valence-electron chi connectivity index (χ4n) is 2.54. The van der Waals surface area contributed by atoms with Crippen molar-refractivity contribution in [2.24, 2.45) is 0 Å². The smallest absolute Gasteiger partial charge is 0.219 e. The van der Waals surface area contributed by atoms with E-state index in [0.717, 1.165) is 5.56 Å². The maximum atomic E-state index is 10.5. The summed E-state index contributed by atoms with van der Waals surface area (Å²) in [5.41, 5.74) is 8.15. The van der Waals surface area contributed by atoms with Gasteiger partial charge < -0.3 is 10.8 Å². The van der Waals surface area contributed by atoms with Crippen LogP contribution < -0.4 is 5.73 Å². The van der Waals surface area contributed by atoms with Crippen molar-refractivity contribution in [3.05, 3.63) is 43.1 Å². The van der Waals surface area contributed by atoms with E-state index in [-0.39, 0.29) is 18.4 Å². The highest BCUT2D eigenvalue weighted by Crippen LogP contribution is 2.30. The molecule has 4 rings (SSSR count). The van der Waals surface area contributed by atoms with Gasteiger partial charge in [-0.3, -0.25) is 9.25 Å². The number of pyridine rings is 1. The fourth-order valence-corrected chi connectivity index (χ4v) is 2.54. The number of nitriles is 1. The van der Waals surface area contributed by atoms with Gasteiger partial charge in [0.15, 0.2) is 0 Å². The molecule has 9 heteroatoms. The number of nitrogen functional groups attached to an aromatic ring is 1. The van der Waals surface area contributed by atoms with Crippen molar-refractivity contribution in [3.8, 4) is 28.9 Å². The molecule has 0 saturated heterocycles. The van der Waals surface area contributed by atoms with Gasteiger partial charge in [-0.05, 0) is 12.1 Å². The van der Waals surface area contributed by atoms with Crippen LogP contribution in [0.2, 0.25) is 0 Å². The predicted molar refractivity (Wildman–Crippen MR) is 89.6 cm³/mol. The van der Waals surface area contributed by atoms with E-state index >= 15 is 0 Å². The van der Waals surface area contributed by atoms with E-state index in [9.17, 15) is 5.11 Å². The molecule has 0 bridgehead atoms. The average molecular weight is 332 g/mol. The first-order valence-corrected chi connectivity index (χ1v) is 7.34. The molecule has 4 aromatic rings. The second kappa shape index (κ2) is 5.61. The number of hydrogen-bond donors (Lipinski definition) is 2. The molecular weight excluding hydrogens is 320 g/mol. The highest BCUT2D eigenvalue weighted by atomic mass is 16.3. The van der Waals surface area contributed by atoms with Crippen LogP contribution in [0.25, 0.3) is 27.8 Å². The zero-order chi connectivity index (χ0) is 17.4. The molecule has 4 heterocycles. The first-order valence-electron chi connectivity index (χ1n) is 7.34. The summed E-state index contributed by atoms with van der Waals surface area (Å²) in [7, 11) is 0. The minimum atomic E-state index is 0.0547. The minimum absolute atomic E-state index is 0.0547. The number of fused-ring (bicyclic) bond motifs is 1. The standard InChI is InChI=1S/C16H12N8O/c17-3-4-23-8-11(7-21-23)24-9-14-12(15(24)25)1-2-13(22-14)10-5-19-16(18)20-6-10/h1-2,5-9,25H,4H2,(H2,18,19,20). The van der Waals surface area contributed by atoms with E-state index < -0.39 is 0 Å². The molecule has 0 aliphatic carbocycles. The van der Waals surface area contributed by atoms with E-state index in [4.69, 9.17) is 11.0 Å². The van der Waals surface area contributed by atoms with Crippen LogP contribution in [-0.4, -0.2) is 34.4 Å². The highest BCUT2D eigenvalue weighted by Gasteiger charge is 2.13. The molecule has 122 valence electrons. The summed E-state index contributed by atoms with van der Waals surface area (Å²) in [5.74, 6) is 0.252. The quantitative estimate of drug-likeness (QED) is 0.581. The van der Waals surface area contributed by atoms with Gasteiger partial charge >= 0.3 is 0 Å². The molecular formula is C16H12N8O. The van der Waals surface area contributed by atoms with Gasteiger partial charge in [0.05, 0.1) is 40.7 Å². The number of hydrogen-bond acceptors (Lipinski definition) is 7. The molecule has 0 unspecified atom stereocenters. The lowest BCUT2D eigenvalue weighted by Crippen LogP contribution is -1.94. The number of anilines is 1. The Balaban J connectivity index is 1.78. The third kappa shape index (κ3) is 2.51. The highest BCUT2D eigenvalue weighted by molar-refractivity contribution is 5.87. The van der Waals surface area contributed by atoms with Crippen LogP contribution in [0.1, 0.15) is 0 Å². The van der Waals surface area contributed by atoms with Crippen molar-refractivity contribution < 1.29 is 5.11 Å². The van der Waals surface area contributed by atoms with Crippen molar-refractivity contribution in [2.75, 3.05) is 5.73 Å². The monoisotopic (exact) mass is 332 g/mol. The predicted octanol–water partition coefficient (Wildman–Crippen LogP) is 1.49. The fraction of sp³-hybridized carbons (Fsp3) is 0.0625. The third-order valence-electron chi connectivity index (χ3n) is 3.74. The summed E-state index contributed by atoms with van der Waals surface area (Å²) >= 11 is 0. The molecule has 9 nitrogen and oxygen atoms in total. The minimum Gasteiger partial charge on any atom is -0.494 e. The number of nitrogens with two attached hydrogens (primary N) is 1. The summed E-state index contributed by atoms with van der Waals surface area (Å²) in [6.07, 6.45) is 8.15. The molecule has 0 aromatic carbocycles. The SMILES string of the molecule is N#CCn1cc(-n2cc3nc(-c4cnc(N)nc4)ccc3c2O)cn1. The summed E-state index contributed by atoms with van der Waals surface area (Å²) in [6.45, 7) is 0.140. The molecule has 25 heavy (non-hydrogen) atoms. The molecule has 0 aliphatic rings. The van der Waals surface area contributed by atoms with Crippen molar-refractivity contribution in [1.29, 1.82) is 5.26 Å². The lowest BCUT2D eigenvalue weighted by atomic mass is 10.2. The van der Waals surface area contributed by atoms with Crippen molar-refractivity contribution in [1.82, 2.24) is 29.3 Å². The normalized spacial score (nSPS) is 10.8. The van der Waals surface area contributed by atoms with E-state index in [1.165, 1.54) is 4.68 Å². The van der Waals surface area contributed by atoms with Crippen LogP contribution in [0.5, 0.6) is 5.88 Å². The zero-order valence-electron chi connectivity index (χ0n) is 12.9. The van der Waals surface area contributed by atoms with E-state index in [0.29, 0.717) is 22.3 Å². The van der Waals surface area contributed by atoms with Crippen LogP contribution in [0.4, 0.5) is 5.95 Å². The van der Waals surface area contributed by atoms with Gasteiger partial charge in [0.1, 0.15) is 6.54 Å². The number of aromatic hydroxyl groups is 1. The van der Waals surface area contributed by atoms with Crippen LogP contribution in [0, 0.1) is 11.3 Å². The topological polar surface area (TPSA) is 131 Å². The number of aromatic nitrogens is 6. The second-order valence-corrected chi connectivity index (χ2v) is 5.34. The van der Waals surface area contributed by atoms with Gasteiger partial charge in [-0.15, -0.1) is 0 Å². The first-order chi connectivity index (χ1) is 12.2. The van der Waals surface area contributed by atoms with Crippen LogP contribution in [-0.2, 0) is 6.54 Å². The van der Waals surface area contributed by atoms with Gasteiger partial charge in [0.2, 0.25) is 11.8 Å². The molecule has 0 fully saturated rings. The molecule has 0 spiro atoms. The molecule has 3 N–H and O–H groups in total. The Morgan fingerprint density at radius 2 is 1.96 bits per heavy atom. The van der Waals surface area contributed by atoms with E-state index in [1.54, 1.807) is 47.7 Å². The van der Waals surface area contributed by atoms with Crippen LogP contribution in [0.3, 0.4) is 0 Å². The summed E-state index contributed by atoms with van der Waals surface area (Å²) in [5, 5.41) is 23.9. The second-order valence-electron chi connectivity index (χ2n) is 5.34. The Kier molecular flexibility index (Phi) is 3.29. The Labute approximate surface area is 141 Å². The molecule has 0 saturated carbocycles. The molecule has 0 radical (unpaired) electrons. The molecule has 0 aliphatic heterocycles. The van der Waals surface area contributed by atoms with Gasteiger partial charge in [-0.25, -0.2) is 15.0 Å². The summed E-state index contributed by atoms with van der Waals surface area (Å²) in [4.78, 5) is 12.5. The van der Waals surface area contributed by atoms with E-state index in [1.807, 2.05) is 6.07 Å². The lowest BCUT2D eigenvalue weighted by molar-refractivity contribution is 0.448. The largest absolute Gasteiger partial charge is 0.494 e. The van der Waals surface area contributed by atoms with Crippen molar-refractivity contribution in [2.45, 2.75) is 6.54 Å². The Morgan fingerprint density at radius 3 is 2.72 bits per heavy atom. The lowest BCUT2D eigenvalue weighted by Gasteiger charge is -2.00. The van der Waals surface area contributed by atoms with Crippen LogP contribution >= 0.6 is 0 Å². The number of nitrogens with zero attached hydrogens (tertiary/aromatic N) is 7. The average Bonchev–Trinajstić information content (AvgIpc) is 3.20. The maximum absolute atomic E-state index is 10.5. The van der Waals surface area contributed by atoms with Gasteiger partial charge in [0.25, 0.3) is 0 Å². The zero-order valence-corrected chi connectivity index (χ0v) is 12.9. The third-order valence-corrected chi connectivity index (χ3v) is 3.74. The van der Waals surface area contributed by atoms with Crippen molar-refractivity contribution in [3.63, 3.8) is 0 Å². The molecule has 0 atom stereocenters. The Hall–Kier alpha value is -3.93. The molecule has 4 aromatic heterocycles. The van der Waals surface area contributed by atoms with Crippen LogP contribution in [0.15, 0.2) is 43.1 Å². The summed E-state index contributed by atoms with van der Waals surface area (Å²) in [6, 6.07) is 5.57. The van der Waals surface area contributed by atoms with E-state index in [2.05, 4.69) is 20.1 Å². The Bertz CT molecular complexity index is 1100.